The molecule has 0 saturated heterocycles. The second-order valence-corrected chi connectivity index (χ2v) is 3.33. The van der Waals surface area contributed by atoms with Crippen LogP contribution in [0, 0.1) is 0 Å². The monoisotopic (exact) mass is 215 g/mol. The fourth-order valence-corrected chi connectivity index (χ4v) is 1.28. The van der Waals surface area contributed by atoms with Gasteiger partial charge in [-0.05, 0) is 30.3 Å². The number of anilines is 1. The van der Waals surface area contributed by atoms with Gasteiger partial charge in [0, 0.05) is 24.5 Å². The summed E-state index contributed by atoms with van der Waals surface area (Å²) in [5, 5.41) is 0. The first-order chi connectivity index (χ1) is 7.84. The van der Waals surface area contributed by atoms with E-state index in [1.54, 1.807) is 18.5 Å². The van der Waals surface area contributed by atoms with E-state index in [1.807, 2.05) is 24.3 Å². The van der Waals surface area contributed by atoms with Crippen molar-refractivity contribution in [1.29, 1.82) is 0 Å². The van der Waals surface area contributed by atoms with Gasteiger partial charge in [-0.25, -0.2) is 9.97 Å². The van der Waals surface area contributed by atoms with Gasteiger partial charge in [0.2, 0.25) is 0 Å². The maximum Gasteiger partial charge on any atom is 0.131 e. The Labute approximate surface area is 94.1 Å². The minimum Gasteiger partial charge on any atom is -0.493 e. The molecule has 4 nitrogen and oxygen atoms in total. The SMILES string of the molecule is Nc1ccc(OCCc2ncccn2)cc1. The molecule has 0 fully saturated rings. The van der Waals surface area contributed by atoms with Gasteiger partial charge in [-0.2, -0.15) is 0 Å². The van der Waals surface area contributed by atoms with E-state index >= 15 is 0 Å². The van der Waals surface area contributed by atoms with E-state index in [0.29, 0.717) is 13.0 Å². The van der Waals surface area contributed by atoms with Crippen LogP contribution in [0.2, 0.25) is 0 Å². The molecule has 2 rings (SSSR count). The minimum atomic E-state index is 0.563. The second kappa shape index (κ2) is 5.11. The Kier molecular flexibility index (Phi) is 3.33. The predicted molar refractivity (Wildman–Crippen MR) is 62.1 cm³/mol. The van der Waals surface area contributed by atoms with E-state index in [0.717, 1.165) is 17.3 Å². The molecule has 0 amide bonds. The fraction of sp³-hybridized carbons (Fsp3) is 0.167. The molecule has 16 heavy (non-hydrogen) atoms. The lowest BCUT2D eigenvalue weighted by atomic mass is 10.3. The summed E-state index contributed by atoms with van der Waals surface area (Å²) in [5.74, 6) is 1.60. The Morgan fingerprint density at radius 2 is 1.75 bits per heavy atom. The third-order valence-corrected chi connectivity index (χ3v) is 2.09. The van der Waals surface area contributed by atoms with Crippen molar-refractivity contribution in [2.24, 2.45) is 0 Å². The third-order valence-electron chi connectivity index (χ3n) is 2.09. The molecule has 82 valence electrons. The Hall–Kier alpha value is -2.10. The number of rotatable bonds is 4. The molecule has 0 bridgehead atoms. The van der Waals surface area contributed by atoms with Crippen LogP contribution in [0.1, 0.15) is 5.82 Å². The van der Waals surface area contributed by atoms with Gasteiger partial charge in [0.1, 0.15) is 11.6 Å². The summed E-state index contributed by atoms with van der Waals surface area (Å²) in [5.41, 5.74) is 6.31. The summed E-state index contributed by atoms with van der Waals surface area (Å²) in [6.07, 6.45) is 4.16. The molecule has 1 aromatic heterocycles. The summed E-state index contributed by atoms with van der Waals surface area (Å²) in [6.45, 7) is 0.563. The van der Waals surface area contributed by atoms with E-state index in [9.17, 15) is 0 Å². The zero-order chi connectivity index (χ0) is 11.2. The van der Waals surface area contributed by atoms with E-state index in [-0.39, 0.29) is 0 Å². The number of nitrogens with zero attached hydrogens (tertiary/aromatic N) is 2. The molecular weight excluding hydrogens is 202 g/mol. The van der Waals surface area contributed by atoms with Gasteiger partial charge in [0.05, 0.1) is 6.61 Å². The van der Waals surface area contributed by atoms with Crippen LogP contribution in [-0.4, -0.2) is 16.6 Å². The predicted octanol–water partition coefficient (Wildman–Crippen LogP) is 1.68. The van der Waals surface area contributed by atoms with E-state index in [2.05, 4.69) is 9.97 Å². The Morgan fingerprint density at radius 1 is 1.06 bits per heavy atom. The molecule has 4 heteroatoms. The van der Waals surface area contributed by atoms with Gasteiger partial charge in [0.15, 0.2) is 0 Å². The standard InChI is InChI=1S/C12H13N3O/c13-10-2-4-11(5-3-10)16-9-6-12-14-7-1-8-15-12/h1-5,7-8H,6,9,13H2. The fourth-order valence-electron chi connectivity index (χ4n) is 1.28. The molecule has 0 unspecified atom stereocenters. The van der Waals surface area contributed by atoms with Crippen molar-refractivity contribution in [3.63, 3.8) is 0 Å². The molecule has 2 aromatic rings. The van der Waals surface area contributed by atoms with Gasteiger partial charge in [-0.15, -0.1) is 0 Å². The second-order valence-electron chi connectivity index (χ2n) is 3.33. The van der Waals surface area contributed by atoms with Crippen LogP contribution in [0.5, 0.6) is 5.75 Å². The van der Waals surface area contributed by atoms with Crippen LogP contribution >= 0.6 is 0 Å². The van der Waals surface area contributed by atoms with Crippen molar-refractivity contribution >= 4 is 5.69 Å². The molecule has 0 atom stereocenters. The first kappa shape index (κ1) is 10.4. The van der Waals surface area contributed by atoms with Gasteiger partial charge in [-0.3, -0.25) is 0 Å². The normalized spacial score (nSPS) is 10.0. The van der Waals surface area contributed by atoms with E-state index < -0.39 is 0 Å². The van der Waals surface area contributed by atoms with Crippen molar-refractivity contribution in [3.8, 4) is 5.75 Å². The molecule has 0 aliphatic heterocycles. The highest BCUT2D eigenvalue weighted by Gasteiger charge is 1.96. The van der Waals surface area contributed by atoms with Crippen molar-refractivity contribution in [1.82, 2.24) is 9.97 Å². The lowest BCUT2D eigenvalue weighted by Crippen LogP contribution is -2.04. The zero-order valence-corrected chi connectivity index (χ0v) is 8.84. The highest BCUT2D eigenvalue weighted by molar-refractivity contribution is 5.41. The molecule has 0 spiro atoms. The molecule has 0 radical (unpaired) electrons. The van der Waals surface area contributed by atoms with Crippen LogP contribution < -0.4 is 10.5 Å². The van der Waals surface area contributed by atoms with Crippen LogP contribution in [0.4, 0.5) is 5.69 Å². The highest BCUT2D eigenvalue weighted by atomic mass is 16.5. The molecule has 1 heterocycles. The largest absolute Gasteiger partial charge is 0.493 e. The van der Waals surface area contributed by atoms with Crippen LogP contribution in [-0.2, 0) is 6.42 Å². The Balaban J connectivity index is 1.82. The lowest BCUT2D eigenvalue weighted by molar-refractivity contribution is 0.319. The quantitative estimate of drug-likeness (QED) is 0.788. The van der Waals surface area contributed by atoms with Crippen molar-refractivity contribution in [2.75, 3.05) is 12.3 Å². The van der Waals surface area contributed by atoms with Crippen LogP contribution in [0.25, 0.3) is 0 Å². The van der Waals surface area contributed by atoms with Crippen molar-refractivity contribution in [3.05, 3.63) is 48.5 Å². The van der Waals surface area contributed by atoms with Gasteiger partial charge in [0.25, 0.3) is 0 Å². The molecular formula is C12H13N3O. The number of benzene rings is 1. The number of aromatic nitrogens is 2. The smallest absolute Gasteiger partial charge is 0.131 e. The summed E-state index contributed by atoms with van der Waals surface area (Å²) in [6, 6.07) is 9.12. The first-order valence-electron chi connectivity index (χ1n) is 5.09. The number of hydrogen-bond donors (Lipinski definition) is 1. The molecule has 0 aliphatic rings. The Bertz CT molecular complexity index is 428. The number of nitrogens with two attached hydrogens (primary N) is 1. The summed E-state index contributed by atoms with van der Waals surface area (Å²) in [4.78, 5) is 8.23. The Morgan fingerprint density at radius 3 is 2.44 bits per heavy atom. The van der Waals surface area contributed by atoms with Crippen molar-refractivity contribution in [2.45, 2.75) is 6.42 Å². The average molecular weight is 215 g/mol. The maximum atomic E-state index is 5.57. The summed E-state index contributed by atoms with van der Waals surface area (Å²) >= 11 is 0. The molecule has 1 aromatic carbocycles. The maximum absolute atomic E-state index is 5.57. The van der Waals surface area contributed by atoms with E-state index in [4.69, 9.17) is 10.5 Å². The van der Waals surface area contributed by atoms with E-state index in [1.165, 1.54) is 0 Å². The van der Waals surface area contributed by atoms with Crippen molar-refractivity contribution < 1.29 is 4.74 Å². The molecule has 2 N–H and O–H groups in total. The highest BCUT2D eigenvalue weighted by Crippen LogP contribution is 2.12. The zero-order valence-electron chi connectivity index (χ0n) is 8.84. The number of ether oxygens (including phenoxy) is 1. The number of hydrogen-bond acceptors (Lipinski definition) is 4. The summed E-state index contributed by atoms with van der Waals surface area (Å²) in [7, 11) is 0. The minimum absolute atomic E-state index is 0.563. The third kappa shape index (κ3) is 2.95. The summed E-state index contributed by atoms with van der Waals surface area (Å²) < 4.78 is 5.53. The van der Waals surface area contributed by atoms with Crippen LogP contribution in [0.3, 0.4) is 0 Å². The molecule has 0 saturated carbocycles. The average Bonchev–Trinajstić information content (AvgIpc) is 2.33. The lowest BCUT2D eigenvalue weighted by Gasteiger charge is -2.05. The van der Waals surface area contributed by atoms with Gasteiger partial charge in [-0.1, -0.05) is 0 Å². The van der Waals surface area contributed by atoms with Crippen LogP contribution in [0.15, 0.2) is 42.7 Å². The number of nitrogen functional groups attached to an aromatic ring is 1. The van der Waals surface area contributed by atoms with Gasteiger partial charge < -0.3 is 10.5 Å². The topological polar surface area (TPSA) is 61.0 Å². The first-order valence-corrected chi connectivity index (χ1v) is 5.09. The van der Waals surface area contributed by atoms with Gasteiger partial charge >= 0.3 is 0 Å². The molecule has 0 aliphatic carbocycles.